The van der Waals surface area contributed by atoms with Crippen molar-refractivity contribution in [1.82, 2.24) is 4.72 Å². The molecule has 0 radical (unpaired) electrons. The van der Waals surface area contributed by atoms with Gasteiger partial charge in [0.05, 0.1) is 4.90 Å². The lowest BCUT2D eigenvalue weighted by atomic mass is 10.0. The zero-order chi connectivity index (χ0) is 23.3. The Morgan fingerprint density at radius 2 is 1.39 bits per heavy atom. The highest BCUT2D eigenvalue weighted by Gasteiger charge is 2.14. The van der Waals surface area contributed by atoms with Crippen LogP contribution in [0.2, 0.25) is 5.02 Å². The highest BCUT2D eigenvalue weighted by Crippen LogP contribution is 2.23. The van der Waals surface area contributed by atoms with Crippen LogP contribution in [0.15, 0.2) is 108 Å². The van der Waals surface area contributed by atoms with Crippen LogP contribution in [0.25, 0.3) is 11.1 Å². The van der Waals surface area contributed by atoms with Crippen LogP contribution in [0.1, 0.15) is 15.9 Å². The quantitative estimate of drug-likeness (QED) is 0.357. The second kappa shape index (κ2) is 10.0. The van der Waals surface area contributed by atoms with E-state index in [4.69, 9.17) is 11.6 Å². The molecule has 5 nitrogen and oxygen atoms in total. The van der Waals surface area contributed by atoms with Crippen LogP contribution in [-0.4, -0.2) is 14.3 Å². The van der Waals surface area contributed by atoms with Crippen molar-refractivity contribution in [3.63, 3.8) is 0 Å². The number of nitrogens with one attached hydrogen (secondary N) is 2. The fourth-order valence-corrected chi connectivity index (χ4v) is 4.48. The Bertz CT molecular complexity index is 1360. The van der Waals surface area contributed by atoms with Crippen molar-refractivity contribution in [1.29, 1.82) is 0 Å². The monoisotopic (exact) mass is 476 g/mol. The molecule has 7 heteroatoms. The van der Waals surface area contributed by atoms with E-state index in [9.17, 15) is 13.2 Å². The van der Waals surface area contributed by atoms with Gasteiger partial charge in [0.2, 0.25) is 10.0 Å². The first kappa shape index (κ1) is 22.7. The number of anilines is 1. The van der Waals surface area contributed by atoms with Gasteiger partial charge in [-0.2, -0.15) is 0 Å². The number of sulfonamides is 1. The molecule has 33 heavy (non-hydrogen) atoms. The summed E-state index contributed by atoms with van der Waals surface area (Å²) in [6.45, 7) is 0.226. The average Bonchev–Trinajstić information content (AvgIpc) is 2.84. The molecule has 4 aromatic carbocycles. The van der Waals surface area contributed by atoms with Gasteiger partial charge in [-0.05, 0) is 59.2 Å². The van der Waals surface area contributed by atoms with Gasteiger partial charge in [-0.3, -0.25) is 4.79 Å². The summed E-state index contributed by atoms with van der Waals surface area (Å²) in [6.07, 6.45) is 0. The predicted molar refractivity (Wildman–Crippen MR) is 132 cm³/mol. The third-order valence-corrected chi connectivity index (χ3v) is 6.69. The fraction of sp³-hybridized carbons (Fsp3) is 0.0385. The molecule has 0 fully saturated rings. The minimum absolute atomic E-state index is 0.194. The van der Waals surface area contributed by atoms with E-state index in [1.807, 2.05) is 42.5 Å². The van der Waals surface area contributed by atoms with Crippen molar-refractivity contribution in [2.75, 3.05) is 5.32 Å². The zero-order valence-electron chi connectivity index (χ0n) is 17.5. The predicted octanol–water partition coefficient (Wildman–Crippen LogP) is 5.74. The summed E-state index contributed by atoms with van der Waals surface area (Å²) in [5.74, 6) is -0.241. The van der Waals surface area contributed by atoms with Crippen LogP contribution in [0, 0.1) is 0 Å². The van der Waals surface area contributed by atoms with Gasteiger partial charge >= 0.3 is 0 Å². The van der Waals surface area contributed by atoms with Gasteiger partial charge < -0.3 is 5.32 Å². The molecular weight excluding hydrogens is 456 g/mol. The van der Waals surface area contributed by atoms with Gasteiger partial charge in [-0.25, -0.2) is 13.1 Å². The Labute approximate surface area is 198 Å². The van der Waals surface area contributed by atoms with Gasteiger partial charge in [-0.15, -0.1) is 0 Å². The van der Waals surface area contributed by atoms with Crippen LogP contribution in [0.4, 0.5) is 5.69 Å². The molecule has 0 atom stereocenters. The summed E-state index contributed by atoms with van der Waals surface area (Å²) in [5, 5.41) is 3.35. The second-order valence-electron chi connectivity index (χ2n) is 7.38. The second-order valence-corrected chi connectivity index (χ2v) is 9.58. The molecule has 0 unspecified atom stereocenters. The first-order chi connectivity index (χ1) is 15.9. The first-order valence-corrected chi connectivity index (χ1v) is 12.1. The maximum atomic E-state index is 12.6. The van der Waals surface area contributed by atoms with Crippen LogP contribution in [0.3, 0.4) is 0 Å². The van der Waals surface area contributed by atoms with Crippen LogP contribution in [0.5, 0.6) is 0 Å². The van der Waals surface area contributed by atoms with Crippen LogP contribution < -0.4 is 10.0 Å². The van der Waals surface area contributed by atoms with Crippen molar-refractivity contribution in [2.45, 2.75) is 11.4 Å². The van der Waals surface area contributed by atoms with Crippen molar-refractivity contribution < 1.29 is 13.2 Å². The molecule has 0 bridgehead atoms. The van der Waals surface area contributed by atoms with E-state index in [0.29, 0.717) is 16.3 Å². The average molecular weight is 477 g/mol. The van der Waals surface area contributed by atoms with E-state index in [1.54, 1.807) is 60.7 Å². The summed E-state index contributed by atoms with van der Waals surface area (Å²) < 4.78 is 27.8. The summed E-state index contributed by atoms with van der Waals surface area (Å²) in [7, 11) is -3.62. The Kier molecular flexibility index (Phi) is 6.89. The van der Waals surface area contributed by atoms with Crippen LogP contribution in [-0.2, 0) is 16.6 Å². The standard InChI is InChI=1S/C26H21ClN2O3S/c27-23-7-4-8-24(17-23)29-26(30)22-11-9-20(10-12-22)21-13-15-25(16-14-21)33(31,32)28-18-19-5-2-1-3-6-19/h1-17,28H,18H2,(H,29,30). The smallest absolute Gasteiger partial charge is 0.255 e. The fourth-order valence-electron chi connectivity index (χ4n) is 3.27. The minimum Gasteiger partial charge on any atom is -0.322 e. The SMILES string of the molecule is O=C(Nc1cccc(Cl)c1)c1ccc(-c2ccc(S(=O)(=O)NCc3ccccc3)cc2)cc1. The molecule has 0 aliphatic carbocycles. The van der Waals surface area contributed by atoms with Crippen molar-refractivity contribution in [3.05, 3.63) is 119 Å². The lowest BCUT2D eigenvalue weighted by Gasteiger charge is -2.09. The molecule has 0 saturated heterocycles. The summed E-state index contributed by atoms with van der Waals surface area (Å²) >= 11 is 5.95. The Morgan fingerprint density at radius 1 is 0.758 bits per heavy atom. The normalized spacial score (nSPS) is 11.2. The molecule has 4 aromatic rings. The number of carbonyl (C=O) groups excluding carboxylic acids is 1. The van der Waals surface area contributed by atoms with Crippen molar-refractivity contribution in [3.8, 4) is 11.1 Å². The summed E-state index contributed by atoms with van der Waals surface area (Å²) in [5.41, 5.74) is 3.73. The number of carbonyl (C=O) groups is 1. The maximum absolute atomic E-state index is 12.6. The number of halogens is 1. The first-order valence-electron chi connectivity index (χ1n) is 10.2. The van der Waals surface area contributed by atoms with Gasteiger partial charge in [0.1, 0.15) is 0 Å². The topological polar surface area (TPSA) is 75.3 Å². The molecule has 0 spiro atoms. The van der Waals surface area contributed by atoms with Gasteiger partial charge in [-0.1, -0.05) is 72.3 Å². The minimum atomic E-state index is -3.62. The summed E-state index contributed by atoms with van der Waals surface area (Å²) in [6, 6.07) is 30.0. The van der Waals surface area contributed by atoms with E-state index >= 15 is 0 Å². The van der Waals surface area contributed by atoms with E-state index in [-0.39, 0.29) is 17.3 Å². The van der Waals surface area contributed by atoms with Gasteiger partial charge in [0, 0.05) is 22.8 Å². The molecule has 0 aromatic heterocycles. The van der Waals surface area contributed by atoms with E-state index in [1.165, 1.54) is 0 Å². The molecule has 166 valence electrons. The van der Waals surface area contributed by atoms with Gasteiger partial charge in [0.15, 0.2) is 0 Å². The van der Waals surface area contributed by atoms with Crippen molar-refractivity contribution in [2.24, 2.45) is 0 Å². The Hall–Kier alpha value is -3.45. The van der Waals surface area contributed by atoms with E-state index in [0.717, 1.165) is 16.7 Å². The molecule has 2 N–H and O–H groups in total. The third kappa shape index (κ3) is 5.87. The number of rotatable bonds is 7. The number of hydrogen-bond donors (Lipinski definition) is 2. The number of hydrogen-bond acceptors (Lipinski definition) is 3. The number of amides is 1. The van der Waals surface area contributed by atoms with E-state index < -0.39 is 10.0 Å². The molecule has 1 amide bonds. The molecular formula is C26H21ClN2O3S. The zero-order valence-corrected chi connectivity index (χ0v) is 19.1. The van der Waals surface area contributed by atoms with Crippen LogP contribution >= 0.6 is 11.6 Å². The number of benzene rings is 4. The molecule has 4 rings (SSSR count). The third-order valence-electron chi connectivity index (χ3n) is 5.04. The highest BCUT2D eigenvalue weighted by atomic mass is 35.5. The van der Waals surface area contributed by atoms with Crippen molar-refractivity contribution >= 4 is 33.2 Å². The van der Waals surface area contributed by atoms with E-state index in [2.05, 4.69) is 10.0 Å². The molecule has 0 saturated carbocycles. The molecule has 0 aliphatic heterocycles. The molecule has 0 heterocycles. The molecule has 0 aliphatic rings. The lowest BCUT2D eigenvalue weighted by Crippen LogP contribution is -2.23. The Morgan fingerprint density at radius 3 is 2.03 bits per heavy atom. The largest absolute Gasteiger partial charge is 0.322 e. The highest BCUT2D eigenvalue weighted by molar-refractivity contribution is 7.89. The summed E-state index contributed by atoms with van der Waals surface area (Å²) in [4.78, 5) is 12.7. The lowest BCUT2D eigenvalue weighted by molar-refractivity contribution is 0.102. The van der Waals surface area contributed by atoms with Gasteiger partial charge in [0.25, 0.3) is 5.91 Å². The maximum Gasteiger partial charge on any atom is 0.255 e. The Balaban J connectivity index is 1.42.